The maximum atomic E-state index is 12.4. The summed E-state index contributed by atoms with van der Waals surface area (Å²) in [6.07, 6.45) is 0. The van der Waals surface area contributed by atoms with Crippen molar-refractivity contribution in [3.8, 4) is 5.75 Å². The van der Waals surface area contributed by atoms with E-state index in [-0.39, 0.29) is 4.90 Å². The minimum atomic E-state index is -3.83. The van der Waals surface area contributed by atoms with Crippen molar-refractivity contribution in [3.05, 3.63) is 57.6 Å². The molecule has 3 nitrogen and oxygen atoms in total. The molecule has 0 spiro atoms. The Bertz CT molecular complexity index is 728. The molecule has 0 N–H and O–H groups in total. The highest BCUT2D eigenvalue weighted by molar-refractivity contribution is 9.10. The van der Waals surface area contributed by atoms with Gasteiger partial charge in [0.25, 0.3) is 0 Å². The minimum absolute atomic E-state index is 0.239. The molecule has 20 heavy (non-hydrogen) atoms. The van der Waals surface area contributed by atoms with Gasteiger partial charge in [0.1, 0.15) is 10.6 Å². The SMILES string of the molecule is Cc1cc(C)c(S(=O)(=O)Oc2cccc(Br)c2)c(C)c1. The zero-order valence-corrected chi connectivity index (χ0v) is 13.9. The van der Waals surface area contributed by atoms with Gasteiger partial charge in [-0.05, 0) is 50.1 Å². The van der Waals surface area contributed by atoms with Gasteiger partial charge in [-0.3, -0.25) is 0 Å². The van der Waals surface area contributed by atoms with Crippen LogP contribution in [0.2, 0.25) is 0 Å². The van der Waals surface area contributed by atoms with Crippen LogP contribution in [0.15, 0.2) is 45.8 Å². The second-order valence-electron chi connectivity index (χ2n) is 4.72. The summed E-state index contributed by atoms with van der Waals surface area (Å²) < 4.78 is 30.8. The normalized spacial score (nSPS) is 11.4. The van der Waals surface area contributed by atoms with Gasteiger partial charge in [-0.1, -0.05) is 39.7 Å². The van der Waals surface area contributed by atoms with Crippen LogP contribution in [-0.2, 0) is 10.1 Å². The number of benzene rings is 2. The Morgan fingerprint density at radius 1 is 1.00 bits per heavy atom. The molecule has 2 aromatic rings. The van der Waals surface area contributed by atoms with Crippen molar-refractivity contribution in [1.29, 1.82) is 0 Å². The first kappa shape index (κ1) is 15.1. The topological polar surface area (TPSA) is 43.4 Å². The molecule has 0 bridgehead atoms. The Morgan fingerprint density at radius 3 is 2.15 bits per heavy atom. The lowest BCUT2D eigenvalue weighted by molar-refractivity contribution is 0.484. The lowest BCUT2D eigenvalue weighted by Gasteiger charge is -2.13. The van der Waals surface area contributed by atoms with Gasteiger partial charge in [0.05, 0.1) is 0 Å². The van der Waals surface area contributed by atoms with Gasteiger partial charge in [0, 0.05) is 4.47 Å². The molecule has 0 aromatic heterocycles. The van der Waals surface area contributed by atoms with Crippen LogP contribution in [0.5, 0.6) is 5.75 Å². The molecule has 0 aliphatic heterocycles. The van der Waals surface area contributed by atoms with E-state index in [1.54, 1.807) is 32.0 Å². The maximum absolute atomic E-state index is 12.4. The molecule has 0 saturated heterocycles. The number of halogens is 1. The Balaban J connectivity index is 2.46. The van der Waals surface area contributed by atoms with Crippen LogP contribution in [0, 0.1) is 20.8 Å². The van der Waals surface area contributed by atoms with Crippen LogP contribution >= 0.6 is 15.9 Å². The van der Waals surface area contributed by atoms with Gasteiger partial charge in [-0.25, -0.2) is 0 Å². The van der Waals surface area contributed by atoms with Crippen LogP contribution in [-0.4, -0.2) is 8.42 Å². The van der Waals surface area contributed by atoms with Crippen molar-refractivity contribution in [2.45, 2.75) is 25.7 Å². The lowest BCUT2D eigenvalue weighted by atomic mass is 10.1. The van der Waals surface area contributed by atoms with Gasteiger partial charge in [-0.15, -0.1) is 0 Å². The molecule has 0 amide bonds. The van der Waals surface area contributed by atoms with Gasteiger partial charge in [0.15, 0.2) is 0 Å². The Hall–Kier alpha value is -1.33. The van der Waals surface area contributed by atoms with E-state index in [0.717, 1.165) is 10.0 Å². The summed E-state index contributed by atoms with van der Waals surface area (Å²) in [7, 11) is -3.83. The summed E-state index contributed by atoms with van der Waals surface area (Å²) in [5.74, 6) is 0.291. The van der Waals surface area contributed by atoms with Crippen molar-refractivity contribution in [1.82, 2.24) is 0 Å². The van der Waals surface area contributed by atoms with E-state index in [1.165, 1.54) is 0 Å². The molecule has 5 heteroatoms. The number of rotatable bonds is 3. The molecule has 0 saturated carbocycles. The molecular weight excluding hydrogens is 340 g/mol. The zero-order chi connectivity index (χ0) is 14.9. The summed E-state index contributed by atoms with van der Waals surface area (Å²) in [4.78, 5) is 0.239. The number of hydrogen-bond acceptors (Lipinski definition) is 3. The first-order valence-corrected chi connectivity index (χ1v) is 8.27. The smallest absolute Gasteiger partial charge is 0.339 e. The van der Waals surface area contributed by atoms with Crippen LogP contribution in [0.1, 0.15) is 16.7 Å². The predicted octanol–water partition coefficient (Wildman–Crippen LogP) is 4.14. The summed E-state index contributed by atoms with van der Waals surface area (Å²) in [5, 5.41) is 0. The fourth-order valence-corrected chi connectivity index (χ4v) is 3.97. The van der Waals surface area contributed by atoms with E-state index >= 15 is 0 Å². The molecule has 0 fully saturated rings. The first-order chi connectivity index (χ1) is 9.29. The number of hydrogen-bond donors (Lipinski definition) is 0. The average Bonchev–Trinajstić information content (AvgIpc) is 2.25. The quantitative estimate of drug-likeness (QED) is 0.777. The van der Waals surface area contributed by atoms with Crippen molar-refractivity contribution >= 4 is 26.0 Å². The van der Waals surface area contributed by atoms with Gasteiger partial charge in [-0.2, -0.15) is 8.42 Å². The van der Waals surface area contributed by atoms with Crippen molar-refractivity contribution in [2.24, 2.45) is 0 Å². The maximum Gasteiger partial charge on any atom is 0.339 e. The average molecular weight is 355 g/mol. The molecule has 0 aliphatic carbocycles. The zero-order valence-electron chi connectivity index (χ0n) is 11.5. The van der Waals surface area contributed by atoms with E-state index in [0.29, 0.717) is 16.9 Å². The third-order valence-corrected chi connectivity index (χ3v) is 4.91. The molecule has 106 valence electrons. The lowest BCUT2D eigenvalue weighted by Crippen LogP contribution is -2.13. The highest BCUT2D eigenvalue weighted by Crippen LogP contribution is 2.26. The van der Waals surface area contributed by atoms with E-state index in [2.05, 4.69) is 15.9 Å². The molecular formula is C15H15BrO3S. The Morgan fingerprint density at radius 2 is 1.60 bits per heavy atom. The fourth-order valence-electron chi connectivity index (χ4n) is 2.25. The fraction of sp³-hybridized carbons (Fsp3) is 0.200. The minimum Gasteiger partial charge on any atom is -0.379 e. The van der Waals surface area contributed by atoms with Gasteiger partial charge in [0.2, 0.25) is 0 Å². The Kier molecular flexibility index (Phi) is 4.20. The van der Waals surface area contributed by atoms with Crippen LogP contribution in [0.4, 0.5) is 0 Å². The second-order valence-corrected chi connectivity index (χ2v) is 7.12. The van der Waals surface area contributed by atoms with Crippen LogP contribution in [0.25, 0.3) is 0 Å². The molecule has 0 atom stereocenters. The van der Waals surface area contributed by atoms with Crippen molar-refractivity contribution in [3.63, 3.8) is 0 Å². The standard InChI is InChI=1S/C15H15BrO3S/c1-10-7-11(2)15(12(3)8-10)20(17,18)19-14-6-4-5-13(16)9-14/h4-9H,1-3H3. The summed E-state index contributed by atoms with van der Waals surface area (Å²) in [6, 6.07) is 10.4. The Labute approximate surface area is 127 Å². The monoisotopic (exact) mass is 354 g/mol. The summed E-state index contributed by atoms with van der Waals surface area (Å²) >= 11 is 3.29. The second kappa shape index (κ2) is 5.58. The van der Waals surface area contributed by atoms with Crippen molar-refractivity contribution < 1.29 is 12.6 Å². The third-order valence-electron chi connectivity index (χ3n) is 2.86. The molecule has 0 aliphatic rings. The van der Waals surface area contributed by atoms with E-state index in [4.69, 9.17) is 4.18 Å². The highest BCUT2D eigenvalue weighted by Gasteiger charge is 2.22. The van der Waals surface area contributed by atoms with Crippen molar-refractivity contribution in [2.75, 3.05) is 0 Å². The van der Waals surface area contributed by atoms with E-state index < -0.39 is 10.1 Å². The van der Waals surface area contributed by atoms with Crippen LogP contribution in [0.3, 0.4) is 0 Å². The summed E-state index contributed by atoms with van der Waals surface area (Å²) in [6.45, 7) is 5.49. The van der Waals surface area contributed by atoms with Gasteiger partial charge < -0.3 is 4.18 Å². The van der Waals surface area contributed by atoms with E-state index in [1.807, 2.05) is 25.1 Å². The highest BCUT2D eigenvalue weighted by atomic mass is 79.9. The molecule has 0 unspecified atom stereocenters. The molecule has 0 radical (unpaired) electrons. The molecule has 2 aromatic carbocycles. The van der Waals surface area contributed by atoms with Gasteiger partial charge >= 0.3 is 10.1 Å². The number of aryl methyl sites for hydroxylation is 3. The first-order valence-electron chi connectivity index (χ1n) is 6.07. The molecule has 0 heterocycles. The molecule has 2 rings (SSSR count). The third kappa shape index (κ3) is 3.22. The van der Waals surface area contributed by atoms with E-state index in [9.17, 15) is 8.42 Å². The van der Waals surface area contributed by atoms with Crippen LogP contribution < -0.4 is 4.18 Å². The predicted molar refractivity (Wildman–Crippen MR) is 82.6 cm³/mol. The largest absolute Gasteiger partial charge is 0.379 e. The summed E-state index contributed by atoms with van der Waals surface area (Å²) in [5.41, 5.74) is 2.41.